The molecule has 0 N–H and O–H groups in total. The summed E-state index contributed by atoms with van der Waals surface area (Å²) in [5, 5.41) is 0. The Morgan fingerprint density at radius 3 is 2.71 bits per heavy atom. The van der Waals surface area contributed by atoms with Crippen molar-refractivity contribution in [2.75, 3.05) is 46.5 Å². The van der Waals surface area contributed by atoms with Crippen molar-refractivity contribution in [3.05, 3.63) is 59.9 Å². The van der Waals surface area contributed by atoms with E-state index in [1.54, 1.807) is 16.8 Å². The van der Waals surface area contributed by atoms with E-state index >= 15 is 0 Å². The molecular weight excluding hydrogens is 439 g/mol. The molecule has 2 amide bonds. The first-order valence-corrected chi connectivity index (χ1v) is 11.7. The van der Waals surface area contributed by atoms with Gasteiger partial charge in [0.15, 0.2) is 12.2 Å². The average molecular weight is 471 g/mol. The summed E-state index contributed by atoms with van der Waals surface area (Å²) in [5.41, 5.74) is 0.0717. The van der Waals surface area contributed by atoms with Crippen molar-refractivity contribution in [2.24, 2.45) is 0 Å². The molecule has 34 heavy (non-hydrogen) atoms. The van der Waals surface area contributed by atoms with Crippen LogP contribution in [0.25, 0.3) is 0 Å². The predicted molar refractivity (Wildman–Crippen MR) is 124 cm³/mol. The molecule has 1 saturated heterocycles. The molecule has 1 spiro atoms. The molecular formula is C26H31FN2O5. The van der Waals surface area contributed by atoms with E-state index in [1.165, 1.54) is 24.3 Å². The van der Waals surface area contributed by atoms with E-state index in [0.717, 1.165) is 30.6 Å². The van der Waals surface area contributed by atoms with Crippen molar-refractivity contribution in [1.82, 2.24) is 9.80 Å². The van der Waals surface area contributed by atoms with Gasteiger partial charge in [-0.2, -0.15) is 0 Å². The third kappa shape index (κ3) is 5.67. The average Bonchev–Trinajstić information content (AvgIpc) is 2.86. The van der Waals surface area contributed by atoms with Gasteiger partial charge in [-0.3, -0.25) is 9.59 Å². The van der Waals surface area contributed by atoms with Gasteiger partial charge in [-0.05, 0) is 61.6 Å². The maximum absolute atomic E-state index is 13.5. The number of carbonyl (C=O) groups excluding carboxylic acids is 2. The number of nitrogens with zero attached hydrogens (tertiary/aromatic N) is 2. The lowest BCUT2D eigenvalue weighted by Crippen LogP contribution is -2.61. The van der Waals surface area contributed by atoms with E-state index < -0.39 is 5.60 Å². The Balaban J connectivity index is 1.44. The summed E-state index contributed by atoms with van der Waals surface area (Å²) < 4.78 is 30.7. The van der Waals surface area contributed by atoms with E-state index in [4.69, 9.17) is 14.2 Å². The molecule has 8 heteroatoms. The largest absolute Gasteiger partial charge is 0.491 e. The number of amides is 2. The second-order valence-electron chi connectivity index (χ2n) is 8.79. The van der Waals surface area contributed by atoms with E-state index in [9.17, 15) is 14.0 Å². The van der Waals surface area contributed by atoms with Crippen molar-refractivity contribution in [3.63, 3.8) is 0 Å². The first-order chi connectivity index (χ1) is 16.5. The minimum absolute atomic E-state index is 0.137. The highest BCUT2D eigenvalue weighted by Gasteiger charge is 2.46. The van der Waals surface area contributed by atoms with Crippen LogP contribution in [0.2, 0.25) is 0 Å². The molecule has 2 aliphatic rings. The number of benzene rings is 2. The summed E-state index contributed by atoms with van der Waals surface area (Å²) in [6.07, 6.45) is 3.04. The molecule has 1 unspecified atom stereocenters. The van der Waals surface area contributed by atoms with E-state index in [0.29, 0.717) is 31.9 Å². The van der Waals surface area contributed by atoms with Crippen molar-refractivity contribution in [1.29, 1.82) is 0 Å². The van der Waals surface area contributed by atoms with Crippen LogP contribution in [-0.4, -0.2) is 73.7 Å². The number of carbonyl (C=O) groups is 2. The number of hydrogen-bond acceptors (Lipinski definition) is 5. The van der Waals surface area contributed by atoms with Crippen LogP contribution in [0.15, 0.2) is 48.5 Å². The molecule has 2 aliphatic heterocycles. The van der Waals surface area contributed by atoms with E-state index in [2.05, 4.69) is 6.07 Å². The fourth-order valence-corrected chi connectivity index (χ4v) is 4.47. The van der Waals surface area contributed by atoms with Gasteiger partial charge in [0, 0.05) is 13.6 Å². The third-order valence-electron chi connectivity index (χ3n) is 6.38. The maximum Gasteiger partial charge on any atom is 0.260 e. The van der Waals surface area contributed by atoms with Gasteiger partial charge >= 0.3 is 0 Å². The highest BCUT2D eigenvalue weighted by molar-refractivity contribution is 5.87. The molecule has 0 radical (unpaired) electrons. The Labute approximate surface area is 199 Å². The molecule has 4 rings (SSSR count). The number of fused-ring (bicyclic) bond motifs is 1. The smallest absolute Gasteiger partial charge is 0.260 e. The van der Waals surface area contributed by atoms with Gasteiger partial charge in [-0.15, -0.1) is 0 Å². The lowest BCUT2D eigenvalue weighted by atomic mass is 9.91. The maximum atomic E-state index is 13.5. The summed E-state index contributed by atoms with van der Waals surface area (Å²) in [7, 11) is 1.74. The first kappa shape index (κ1) is 24.0. The van der Waals surface area contributed by atoms with Crippen LogP contribution in [0.4, 0.5) is 4.39 Å². The number of aryl methyl sites for hydroxylation is 1. The molecule has 182 valence electrons. The summed E-state index contributed by atoms with van der Waals surface area (Å²) >= 11 is 0. The number of rotatable bonds is 3. The van der Waals surface area contributed by atoms with E-state index in [1.807, 2.05) is 18.2 Å². The number of likely N-dealkylation sites (N-methyl/N-ethyl adjacent to an activating group) is 1. The predicted octanol–water partition coefficient (Wildman–Crippen LogP) is 3.07. The minimum Gasteiger partial charge on any atom is -0.491 e. The number of hydrogen-bond donors (Lipinski definition) is 0. The van der Waals surface area contributed by atoms with Gasteiger partial charge in [0.2, 0.25) is 0 Å². The quantitative estimate of drug-likeness (QED) is 0.690. The normalized spacial score (nSPS) is 21.8. The highest BCUT2D eigenvalue weighted by Crippen LogP contribution is 2.29. The Bertz CT molecular complexity index is 999. The summed E-state index contributed by atoms with van der Waals surface area (Å²) in [6, 6.07) is 13.5. The van der Waals surface area contributed by atoms with Crippen molar-refractivity contribution >= 4 is 11.8 Å². The molecule has 0 bridgehead atoms. The summed E-state index contributed by atoms with van der Waals surface area (Å²) in [4.78, 5) is 29.7. The van der Waals surface area contributed by atoms with Gasteiger partial charge in [0.05, 0.1) is 19.7 Å². The molecule has 1 atom stereocenters. The molecule has 1 fully saturated rings. The van der Waals surface area contributed by atoms with Gasteiger partial charge in [-0.25, -0.2) is 4.39 Å². The fourth-order valence-electron chi connectivity index (χ4n) is 4.47. The first-order valence-electron chi connectivity index (χ1n) is 11.7. The second-order valence-corrected chi connectivity index (χ2v) is 8.79. The number of para-hydroxylation sites is 1. The monoisotopic (exact) mass is 470 g/mol. The van der Waals surface area contributed by atoms with Gasteiger partial charge in [-0.1, -0.05) is 18.2 Å². The number of ether oxygens (including phenoxy) is 3. The summed E-state index contributed by atoms with van der Waals surface area (Å²) in [6.45, 7) is 1.46. The Kier molecular flexibility index (Phi) is 7.67. The highest BCUT2D eigenvalue weighted by atomic mass is 19.1. The molecule has 7 nitrogen and oxygen atoms in total. The van der Waals surface area contributed by atoms with Crippen LogP contribution in [0.1, 0.15) is 24.8 Å². The molecule has 0 aliphatic carbocycles. The van der Waals surface area contributed by atoms with E-state index in [-0.39, 0.29) is 37.4 Å². The summed E-state index contributed by atoms with van der Waals surface area (Å²) in [5.74, 6) is 0.547. The lowest BCUT2D eigenvalue weighted by molar-refractivity contribution is -0.176. The molecule has 0 saturated carbocycles. The second kappa shape index (κ2) is 10.9. The zero-order chi connectivity index (χ0) is 24.0. The van der Waals surface area contributed by atoms with Crippen LogP contribution in [0.3, 0.4) is 0 Å². The lowest BCUT2D eigenvalue weighted by Gasteiger charge is -2.43. The van der Waals surface area contributed by atoms with Crippen LogP contribution in [-0.2, 0) is 20.7 Å². The van der Waals surface area contributed by atoms with Crippen LogP contribution < -0.4 is 9.47 Å². The van der Waals surface area contributed by atoms with Gasteiger partial charge in [0.1, 0.15) is 23.9 Å². The Hall–Kier alpha value is -3.13. The van der Waals surface area contributed by atoms with Gasteiger partial charge < -0.3 is 24.0 Å². The number of morpholine rings is 1. The van der Waals surface area contributed by atoms with Crippen molar-refractivity contribution in [2.45, 2.75) is 31.3 Å². The van der Waals surface area contributed by atoms with Crippen LogP contribution in [0.5, 0.6) is 11.5 Å². The third-order valence-corrected chi connectivity index (χ3v) is 6.38. The fraction of sp³-hybridized carbons (Fsp3) is 0.462. The SMILES string of the molecule is CN1CCOc2ccccc2CCCCC2(CN(C(=O)COc3ccc(F)cc3)CCO2)C1=O. The molecule has 2 aromatic rings. The molecule has 0 aromatic heterocycles. The van der Waals surface area contributed by atoms with Crippen LogP contribution >= 0.6 is 0 Å². The Morgan fingerprint density at radius 2 is 1.88 bits per heavy atom. The topological polar surface area (TPSA) is 68.3 Å². The standard InChI is InChI=1S/C26H31FN2O5/c1-28-14-16-32-23-8-3-2-6-20(23)7-4-5-13-26(25(28)31)19-29(15-17-34-26)24(30)18-33-22-11-9-21(27)10-12-22/h2-3,6,8-12H,4-5,7,13-19H2,1H3. The minimum atomic E-state index is -1.09. The van der Waals surface area contributed by atoms with Crippen molar-refractivity contribution < 1.29 is 28.2 Å². The van der Waals surface area contributed by atoms with Crippen molar-refractivity contribution in [3.8, 4) is 11.5 Å². The molecule has 2 aromatic carbocycles. The Morgan fingerprint density at radius 1 is 1.09 bits per heavy atom. The zero-order valence-corrected chi connectivity index (χ0v) is 19.5. The van der Waals surface area contributed by atoms with Crippen LogP contribution in [0, 0.1) is 5.82 Å². The van der Waals surface area contributed by atoms with Gasteiger partial charge in [0.25, 0.3) is 11.8 Å². The number of halogens is 1. The molecule has 2 heterocycles. The zero-order valence-electron chi connectivity index (χ0n) is 19.5.